The quantitative estimate of drug-likeness (QED) is 0.637. The monoisotopic (exact) mass is 176 g/mol. The van der Waals surface area contributed by atoms with Crippen LogP contribution in [0.1, 0.15) is 11.9 Å². The number of rotatable bonds is 1. The van der Waals surface area contributed by atoms with Crippen LogP contribution < -0.4 is 5.66 Å². The molecule has 1 aromatic heterocycles. The maximum absolute atomic E-state index is 11.8. The Morgan fingerprint density at radius 3 is 2.33 bits per heavy atom. The van der Waals surface area contributed by atoms with Crippen LogP contribution in [0, 0.1) is 0 Å². The van der Waals surface area contributed by atoms with E-state index in [4.69, 9.17) is 13.0 Å². The summed E-state index contributed by atoms with van der Waals surface area (Å²) in [6, 6.07) is 2.12. The van der Waals surface area contributed by atoms with Crippen molar-refractivity contribution in [3.05, 3.63) is 17.9 Å². The first kappa shape index (κ1) is 9.19. The van der Waals surface area contributed by atoms with Crippen LogP contribution in [0.15, 0.2) is 16.5 Å². The van der Waals surface area contributed by atoms with Crippen molar-refractivity contribution in [2.24, 2.45) is 0 Å². The standard InChI is InChI=1S/C6H4BF3O2/c7-4-2-1-3(12-4)5(11)6(8,9)10/h1-2,5,11H. The van der Waals surface area contributed by atoms with Crippen molar-refractivity contribution in [1.82, 2.24) is 0 Å². The summed E-state index contributed by atoms with van der Waals surface area (Å²) in [4.78, 5) is 0. The van der Waals surface area contributed by atoms with Crippen LogP contribution in [0.25, 0.3) is 0 Å². The van der Waals surface area contributed by atoms with Gasteiger partial charge in [0.2, 0.25) is 6.10 Å². The van der Waals surface area contributed by atoms with Crippen molar-refractivity contribution < 1.29 is 22.7 Å². The van der Waals surface area contributed by atoms with Gasteiger partial charge in [-0.2, -0.15) is 13.2 Å². The van der Waals surface area contributed by atoms with Crippen molar-refractivity contribution in [2.45, 2.75) is 12.3 Å². The molecule has 64 valence electrons. The lowest BCUT2D eigenvalue weighted by atomic mass is 10.1. The average molecular weight is 176 g/mol. The summed E-state index contributed by atoms with van der Waals surface area (Å²) < 4.78 is 39.8. The fourth-order valence-corrected chi connectivity index (χ4v) is 0.677. The lowest BCUT2D eigenvalue weighted by molar-refractivity contribution is -0.211. The van der Waals surface area contributed by atoms with Gasteiger partial charge in [0, 0.05) is 5.66 Å². The number of halogens is 3. The molecule has 0 aliphatic carbocycles. The molecule has 12 heavy (non-hydrogen) atoms. The maximum Gasteiger partial charge on any atom is 0.421 e. The van der Waals surface area contributed by atoms with E-state index < -0.39 is 18.0 Å². The van der Waals surface area contributed by atoms with Gasteiger partial charge in [0.25, 0.3) is 0 Å². The Labute approximate surface area is 67.4 Å². The first-order valence-electron chi connectivity index (χ1n) is 3.01. The summed E-state index contributed by atoms with van der Waals surface area (Å²) in [7, 11) is 5.01. The van der Waals surface area contributed by atoms with E-state index in [9.17, 15) is 13.2 Å². The second-order valence-electron chi connectivity index (χ2n) is 2.18. The maximum atomic E-state index is 11.8. The Kier molecular flexibility index (Phi) is 2.19. The van der Waals surface area contributed by atoms with Gasteiger partial charge in [0.15, 0.2) is 7.85 Å². The molecule has 1 atom stereocenters. The van der Waals surface area contributed by atoms with Crippen LogP contribution >= 0.6 is 0 Å². The van der Waals surface area contributed by atoms with E-state index in [2.05, 4.69) is 4.42 Å². The van der Waals surface area contributed by atoms with Crippen LogP contribution in [-0.4, -0.2) is 19.1 Å². The highest BCUT2D eigenvalue weighted by Gasteiger charge is 2.41. The Bertz CT molecular complexity index is 268. The summed E-state index contributed by atoms with van der Waals surface area (Å²) in [5, 5.41) is 8.60. The molecule has 2 radical (unpaired) electrons. The van der Waals surface area contributed by atoms with E-state index in [1.807, 2.05) is 0 Å². The summed E-state index contributed by atoms with van der Waals surface area (Å²) in [6.45, 7) is 0. The first-order chi connectivity index (χ1) is 5.41. The predicted molar refractivity (Wildman–Crippen MR) is 35.1 cm³/mol. The largest absolute Gasteiger partial charge is 0.475 e. The number of aliphatic hydroxyl groups is 1. The zero-order valence-electron chi connectivity index (χ0n) is 5.80. The normalized spacial score (nSPS) is 14.7. The van der Waals surface area contributed by atoms with Gasteiger partial charge in [-0.05, 0) is 12.1 Å². The van der Waals surface area contributed by atoms with Gasteiger partial charge in [-0.15, -0.1) is 0 Å². The van der Waals surface area contributed by atoms with Crippen molar-refractivity contribution in [2.75, 3.05) is 0 Å². The number of furan rings is 1. The molecular formula is C6H4BF3O2. The Morgan fingerprint density at radius 1 is 1.42 bits per heavy atom. The van der Waals surface area contributed by atoms with Gasteiger partial charge in [-0.1, -0.05) is 0 Å². The molecule has 1 aromatic rings. The van der Waals surface area contributed by atoms with Gasteiger partial charge in [0.05, 0.1) is 0 Å². The molecule has 0 aliphatic rings. The van der Waals surface area contributed by atoms with Crippen molar-refractivity contribution in [3.8, 4) is 0 Å². The molecule has 1 N–H and O–H groups in total. The predicted octanol–water partition coefficient (Wildman–Crippen LogP) is 0.669. The molecule has 0 saturated heterocycles. The minimum atomic E-state index is -4.72. The second kappa shape index (κ2) is 2.86. The molecule has 0 spiro atoms. The molecule has 6 heteroatoms. The fourth-order valence-electron chi connectivity index (χ4n) is 0.677. The molecule has 0 aromatic carbocycles. The first-order valence-corrected chi connectivity index (χ1v) is 3.01. The minimum absolute atomic E-state index is 0.159. The Balaban J connectivity index is 2.85. The topological polar surface area (TPSA) is 33.4 Å². The molecule has 0 amide bonds. The number of aliphatic hydroxyl groups excluding tert-OH is 1. The zero-order chi connectivity index (χ0) is 9.35. The third-order valence-corrected chi connectivity index (χ3v) is 1.23. The van der Waals surface area contributed by atoms with Gasteiger partial charge < -0.3 is 9.52 Å². The molecule has 0 saturated carbocycles. The molecule has 0 bridgehead atoms. The molecule has 0 aliphatic heterocycles. The number of hydrogen-bond donors (Lipinski definition) is 1. The average Bonchev–Trinajstić information content (AvgIpc) is 2.32. The van der Waals surface area contributed by atoms with E-state index >= 15 is 0 Å². The molecule has 0 fully saturated rings. The number of hydrogen-bond acceptors (Lipinski definition) is 2. The van der Waals surface area contributed by atoms with Crippen LogP contribution in [0.2, 0.25) is 0 Å². The van der Waals surface area contributed by atoms with Crippen LogP contribution in [0.3, 0.4) is 0 Å². The highest BCUT2D eigenvalue weighted by atomic mass is 19.4. The highest BCUT2D eigenvalue weighted by molar-refractivity contribution is 6.29. The molecule has 2 nitrogen and oxygen atoms in total. The van der Waals surface area contributed by atoms with Crippen LogP contribution in [0.4, 0.5) is 13.2 Å². The minimum Gasteiger partial charge on any atom is -0.475 e. The number of alkyl halides is 3. The van der Waals surface area contributed by atoms with Crippen LogP contribution in [0.5, 0.6) is 0 Å². The fraction of sp³-hybridized carbons (Fsp3) is 0.333. The van der Waals surface area contributed by atoms with E-state index in [1.54, 1.807) is 0 Å². The van der Waals surface area contributed by atoms with E-state index in [0.29, 0.717) is 0 Å². The third-order valence-electron chi connectivity index (χ3n) is 1.23. The van der Waals surface area contributed by atoms with Gasteiger partial charge in [-0.3, -0.25) is 0 Å². The van der Waals surface area contributed by atoms with Gasteiger partial charge >= 0.3 is 6.18 Å². The molecule has 1 unspecified atom stereocenters. The summed E-state index contributed by atoms with van der Waals surface area (Å²) in [5.74, 6) is -0.597. The van der Waals surface area contributed by atoms with E-state index in [0.717, 1.165) is 12.1 Å². The van der Waals surface area contributed by atoms with Crippen molar-refractivity contribution in [3.63, 3.8) is 0 Å². The van der Waals surface area contributed by atoms with Crippen molar-refractivity contribution in [1.29, 1.82) is 0 Å². The Hall–Kier alpha value is -0.905. The molecular weight excluding hydrogens is 172 g/mol. The Morgan fingerprint density at radius 2 is 2.00 bits per heavy atom. The zero-order valence-corrected chi connectivity index (χ0v) is 5.80. The smallest absolute Gasteiger partial charge is 0.421 e. The highest BCUT2D eigenvalue weighted by Crippen LogP contribution is 2.31. The second-order valence-corrected chi connectivity index (χ2v) is 2.18. The molecule has 1 rings (SSSR count). The summed E-state index contributed by atoms with van der Waals surface area (Å²) >= 11 is 0. The van der Waals surface area contributed by atoms with Gasteiger partial charge in [-0.25, -0.2) is 0 Å². The van der Waals surface area contributed by atoms with E-state index in [1.165, 1.54) is 0 Å². The third kappa shape index (κ3) is 1.82. The van der Waals surface area contributed by atoms with Crippen LogP contribution in [-0.2, 0) is 0 Å². The van der Waals surface area contributed by atoms with Crippen molar-refractivity contribution >= 4 is 13.5 Å². The van der Waals surface area contributed by atoms with Gasteiger partial charge in [0.1, 0.15) is 5.76 Å². The summed E-state index contributed by atoms with van der Waals surface area (Å²) in [5.41, 5.74) is -0.159. The lowest BCUT2D eigenvalue weighted by Crippen LogP contribution is -2.19. The summed E-state index contributed by atoms with van der Waals surface area (Å²) in [6.07, 6.45) is -7.32. The lowest BCUT2D eigenvalue weighted by Gasteiger charge is -2.11. The molecule has 1 heterocycles. The van der Waals surface area contributed by atoms with E-state index in [-0.39, 0.29) is 5.66 Å². The SMILES string of the molecule is [B]c1ccc(C(O)C(F)(F)F)o1.